The van der Waals surface area contributed by atoms with Crippen molar-refractivity contribution in [3.05, 3.63) is 65.3 Å². The zero-order valence-corrected chi connectivity index (χ0v) is 23.8. The molecule has 0 atom stereocenters. The number of carbonyl (C=O) groups is 1. The molecule has 2 aromatic heterocycles. The Labute approximate surface area is 245 Å². The number of alkyl halides is 3. The third kappa shape index (κ3) is 6.94. The summed E-state index contributed by atoms with van der Waals surface area (Å²) in [4.78, 5) is 23.9. The molecule has 2 aromatic carbocycles. The van der Waals surface area contributed by atoms with Gasteiger partial charge in [-0.1, -0.05) is 11.6 Å². The molecule has 9 nitrogen and oxygen atoms in total. The number of piperidine rings is 1. The highest BCUT2D eigenvalue weighted by atomic mass is 35.5. The van der Waals surface area contributed by atoms with Crippen LogP contribution in [0.15, 0.2) is 54.7 Å². The predicted molar refractivity (Wildman–Crippen MR) is 154 cm³/mol. The summed E-state index contributed by atoms with van der Waals surface area (Å²) < 4.78 is 52.7. The fourth-order valence-electron chi connectivity index (χ4n) is 4.85. The van der Waals surface area contributed by atoms with Crippen molar-refractivity contribution >= 4 is 46.0 Å². The van der Waals surface area contributed by atoms with Crippen LogP contribution in [0.1, 0.15) is 18.4 Å². The Morgan fingerprint density at radius 3 is 2.60 bits per heavy atom. The quantitative estimate of drug-likeness (QED) is 0.227. The molecule has 0 spiro atoms. The number of rotatable bonds is 9. The fourth-order valence-corrected chi connectivity index (χ4v) is 5.08. The van der Waals surface area contributed by atoms with E-state index in [1.807, 2.05) is 0 Å². The number of fused-ring (bicyclic) bond motifs is 1. The van der Waals surface area contributed by atoms with Crippen molar-refractivity contribution in [1.29, 1.82) is 0 Å². The summed E-state index contributed by atoms with van der Waals surface area (Å²) in [7, 11) is 3.43. The Morgan fingerprint density at radius 2 is 1.86 bits per heavy atom. The van der Waals surface area contributed by atoms with Crippen molar-refractivity contribution in [3.8, 4) is 11.5 Å². The van der Waals surface area contributed by atoms with Crippen molar-refractivity contribution in [1.82, 2.24) is 19.4 Å². The lowest BCUT2D eigenvalue weighted by molar-refractivity contribution is -0.137. The summed E-state index contributed by atoms with van der Waals surface area (Å²) in [5.41, 5.74) is 0.581. The van der Waals surface area contributed by atoms with E-state index in [-0.39, 0.29) is 22.5 Å². The second-order valence-corrected chi connectivity index (χ2v) is 10.4. The molecule has 0 radical (unpaired) electrons. The van der Waals surface area contributed by atoms with Gasteiger partial charge in [0.15, 0.2) is 0 Å². The van der Waals surface area contributed by atoms with Gasteiger partial charge in [0, 0.05) is 50.6 Å². The van der Waals surface area contributed by atoms with E-state index in [2.05, 4.69) is 25.5 Å². The molecule has 1 fully saturated rings. The van der Waals surface area contributed by atoms with Gasteiger partial charge in [0.1, 0.15) is 17.3 Å². The summed E-state index contributed by atoms with van der Waals surface area (Å²) >= 11 is 5.74. The van der Waals surface area contributed by atoms with Gasteiger partial charge in [0.2, 0.25) is 11.9 Å². The van der Waals surface area contributed by atoms with Crippen molar-refractivity contribution in [2.24, 2.45) is 13.0 Å². The summed E-state index contributed by atoms with van der Waals surface area (Å²) in [5, 5.41) is 5.45. The number of anilines is 3. The molecule has 2 N–H and O–H groups in total. The summed E-state index contributed by atoms with van der Waals surface area (Å²) in [6.45, 7) is 3.23. The number of aryl methyl sites for hydroxylation is 1. The number of nitrogens with zero attached hydrogens (tertiary/aromatic N) is 4. The number of ether oxygens (including phenoxy) is 2. The van der Waals surface area contributed by atoms with Crippen LogP contribution in [0, 0.1) is 5.92 Å². The fraction of sp³-hybridized carbons (Fsp3) is 0.345. The first-order chi connectivity index (χ1) is 20.1. The van der Waals surface area contributed by atoms with Gasteiger partial charge >= 0.3 is 6.18 Å². The Balaban J connectivity index is 1.24. The topological polar surface area (TPSA) is 93.5 Å². The number of pyridine rings is 1. The summed E-state index contributed by atoms with van der Waals surface area (Å²) in [6.07, 6.45) is -1.48. The Bertz CT molecular complexity index is 1570. The van der Waals surface area contributed by atoms with Crippen LogP contribution in [0.25, 0.3) is 11.0 Å². The van der Waals surface area contributed by atoms with E-state index in [1.54, 1.807) is 55.3 Å². The van der Waals surface area contributed by atoms with E-state index in [9.17, 15) is 18.0 Å². The van der Waals surface area contributed by atoms with Gasteiger partial charge in [0.05, 0.1) is 28.2 Å². The van der Waals surface area contributed by atoms with E-state index in [1.165, 1.54) is 12.1 Å². The van der Waals surface area contributed by atoms with Crippen LogP contribution < -0.4 is 15.4 Å². The molecule has 0 unspecified atom stereocenters. The molecule has 222 valence electrons. The van der Waals surface area contributed by atoms with Crippen LogP contribution in [0.3, 0.4) is 0 Å². The molecule has 0 saturated carbocycles. The van der Waals surface area contributed by atoms with Crippen molar-refractivity contribution in [2.45, 2.75) is 19.0 Å². The smallest absolute Gasteiger partial charge is 0.417 e. The Morgan fingerprint density at radius 1 is 1.10 bits per heavy atom. The van der Waals surface area contributed by atoms with E-state index in [0.29, 0.717) is 35.4 Å². The van der Waals surface area contributed by atoms with E-state index in [4.69, 9.17) is 21.1 Å². The minimum absolute atomic E-state index is 0.0657. The number of hydrogen-bond acceptors (Lipinski definition) is 7. The number of amides is 1. The number of halogens is 4. The zero-order valence-electron chi connectivity index (χ0n) is 23.0. The van der Waals surface area contributed by atoms with Gasteiger partial charge in [-0.05, 0) is 62.3 Å². The lowest BCUT2D eigenvalue weighted by Gasteiger charge is -2.30. The van der Waals surface area contributed by atoms with E-state index in [0.717, 1.165) is 44.1 Å². The molecule has 0 aliphatic carbocycles. The molecule has 1 amide bonds. The van der Waals surface area contributed by atoms with Crippen LogP contribution in [-0.4, -0.2) is 58.7 Å². The van der Waals surface area contributed by atoms with Crippen LogP contribution in [-0.2, 0) is 22.8 Å². The minimum atomic E-state index is -4.58. The number of aromatic nitrogens is 3. The standard InChI is InChI=1S/C29H30ClF3N6O3/c1-38-25-6-4-20(16-24(25)36-28(38)35-19-3-5-23(30)22(15-19)29(31,32)33)42-21-7-10-34-26(17-21)37-27(40)18-8-11-39(12-9-18)13-14-41-2/h3-7,10,15-18H,8-9,11-14H2,1-2H3,(H,35,36)(H,34,37,40). The van der Waals surface area contributed by atoms with Gasteiger partial charge in [-0.2, -0.15) is 13.2 Å². The van der Waals surface area contributed by atoms with E-state index >= 15 is 0 Å². The number of benzene rings is 2. The average molecular weight is 603 g/mol. The molecule has 13 heteroatoms. The number of hydrogen-bond donors (Lipinski definition) is 2. The van der Waals surface area contributed by atoms with Crippen molar-refractivity contribution in [2.75, 3.05) is 44.0 Å². The van der Waals surface area contributed by atoms with E-state index < -0.39 is 11.7 Å². The summed E-state index contributed by atoms with van der Waals surface area (Å²) in [6, 6.07) is 12.2. The number of nitrogens with one attached hydrogen (secondary N) is 2. The predicted octanol–water partition coefficient (Wildman–Crippen LogP) is 6.47. The van der Waals surface area contributed by atoms with Gasteiger partial charge in [0.25, 0.3) is 0 Å². The van der Waals surface area contributed by atoms with Crippen LogP contribution in [0.2, 0.25) is 5.02 Å². The maximum Gasteiger partial charge on any atom is 0.417 e. The van der Waals surface area contributed by atoms with Crippen molar-refractivity contribution in [3.63, 3.8) is 0 Å². The SMILES string of the molecule is COCCN1CCC(C(=O)Nc2cc(Oc3ccc4c(c3)nc(Nc3ccc(Cl)c(C(F)(F)F)c3)n4C)ccn2)CC1. The molecule has 42 heavy (non-hydrogen) atoms. The summed E-state index contributed by atoms with van der Waals surface area (Å²) in [5.74, 6) is 1.55. The Kier molecular flexibility index (Phi) is 8.85. The molecule has 3 heterocycles. The van der Waals surface area contributed by atoms with Gasteiger partial charge in [-0.25, -0.2) is 9.97 Å². The van der Waals surface area contributed by atoms with Crippen LogP contribution in [0.4, 0.5) is 30.6 Å². The first kappa shape index (κ1) is 29.6. The lowest BCUT2D eigenvalue weighted by Crippen LogP contribution is -2.39. The van der Waals surface area contributed by atoms with Gasteiger partial charge in [-0.3, -0.25) is 4.79 Å². The highest BCUT2D eigenvalue weighted by Gasteiger charge is 2.33. The van der Waals surface area contributed by atoms with Crippen molar-refractivity contribution < 1.29 is 27.4 Å². The number of methoxy groups -OCH3 is 1. The van der Waals surface area contributed by atoms with Crippen LogP contribution in [0.5, 0.6) is 11.5 Å². The molecule has 0 bridgehead atoms. The molecular formula is C29H30ClF3N6O3. The minimum Gasteiger partial charge on any atom is -0.457 e. The highest BCUT2D eigenvalue weighted by Crippen LogP contribution is 2.37. The second-order valence-electron chi connectivity index (χ2n) is 10.0. The van der Waals surface area contributed by atoms with Crippen LogP contribution >= 0.6 is 11.6 Å². The van der Waals surface area contributed by atoms with Gasteiger partial charge < -0.3 is 29.6 Å². The molecule has 4 aromatic rings. The number of carbonyl (C=O) groups excluding carboxylic acids is 1. The molecule has 5 rings (SSSR count). The first-order valence-electron chi connectivity index (χ1n) is 13.4. The number of likely N-dealkylation sites (tertiary alicyclic amines) is 1. The normalized spacial score (nSPS) is 14.7. The highest BCUT2D eigenvalue weighted by molar-refractivity contribution is 6.31. The maximum atomic E-state index is 13.3. The first-order valence-corrected chi connectivity index (χ1v) is 13.7. The van der Waals surface area contributed by atoms with Gasteiger partial charge in [-0.15, -0.1) is 0 Å². The largest absolute Gasteiger partial charge is 0.457 e. The second kappa shape index (κ2) is 12.6. The molecule has 1 aliphatic heterocycles. The lowest BCUT2D eigenvalue weighted by atomic mass is 9.96. The molecule has 1 aliphatic rings. The average Bonchev–Trinajstić information content (AvgIpc) is 3.26. The third-order valence-electron chi connectivity index (χ3n) is 7.17. The maximum absolute atomic E-state index is 13.3. The Hall–Kier alpha value is -3.87. The third-order valence-corrected chi connectivity index (χ3v) is 7.50. The molecule has 1 saturated heterocycles. The molecular weight excluding hydrogens is 573 g/mol. The monoisotopic (exact) mass is 602 g/mol. The zero-order chi connectivity index (χ0) is 29.9. The number of imidazole rings is 1.